The smallest absolute Gasteiger partial charge is 0.167 e. The van der Waals surface area contributed by atoms with E-state index in [4.69, 9.17) is 0 Å². The first-order valence-corrected chi connectivity index (χ1v) is 4.43. The highest BCUT2D eigenvalue weighted by atomic mass is 79.9. The molecule has 0 radical (unpaired) electrons. The van der Waals surface area contributed by atoms with E-state index in [1.165, 1.54) is 12.3 Å². The lowest BCUT2D eigenvalue weighted by Gasteiger charge is -2.04. The summed E-state index contributed by atoms with van der Waals surface area (Å²) in [7, 11) is 0. The van der Waals surface area contributed by atoms with Crippen molar-refractivity contribution in [1.29, 1.82) is 0 Å². The number of aromatic hydroxyl groups is 2. The molecule has 2 aromatic rings. The van der Waals surface area contributed by atoms with E-state index in [-0.39, 0.29) is 11.5 Å². The molecule has 0 amide bonds. The van der Waals surface area contributed by atoms with Gasteiger partial charge in [0, 0.05) is 27.6 Å². The largest absolute Gasteiger partial charge is 0.504 e. The van der Waals surface area contributed by atoms with Crippen molar-refractivity contribution in [3.63, 3.8) is 0 Å². The molecule has 13 heavy (non-hydrogen) atoms. The molecule has 0 spiro atoms. The van der Waals surface area contributed by atoms with Crippen molar-refractivity contribution < 1.29 is 10.2 Å². The Hall–Kier alpha value is -1.29. The first-order chi connectivity index (χ1) is 6.20. The Morgan fingerprint density at radius 2 is 2.00 bits per heavy atom. The molecule has 0 fully saturated rings. The first-order valence-electron chi connectivity index (χ1n) is 3.64. The van der Waals surface area contributed by atoms with Crippen LogP contribution in [0.25, 0.3) is 10.8 Å². The second-order valence-corrected chi connectivity index (χ2v) is 3.50. The molecule has 1 aromatic heterocycles. The summed E-state index contributed by atoms with van der Waals surface area (Å²) in [6.07, 6.45) is 3.14. The number of fused-ring (bicyclic) bond motifs is 1. The zero-order chi connectivity index (χ0) is 9.42. The maximum Gasteiger partial charge on any atom is 0.167 e. The molecule has 0 saturated carbocycles. The number of phenolic OH excluding ortho intramolecular Hbond substituents is 2. The van der Waals surface area contributed by atoms with Gasteiger partial charge in [0.15, 0.2) is 11.5 Å². The van der Waals surface area contributed by atoms with Crippen LogP contribution in [0.3, 0.4) is 0 Å². The fourth-order valence-electron chi connectivity index (χ4n) is 1.20. The Morgan fingerprint density at radius 3 is 2.77 bits per heavy atom. The molecule has 1 aromatic carbocycles. The van der Waals surface area contributed by atoms with Crippen LogP contribution in [-0.2, 0) is 0 Å². The van der Waals surface area contributed by atoms with Gasteiger partial charge in [-0.05, 0) is 12.1 Å². The van der Waals surface area contributed by atoms with Gasteiger partial charge in [-0.1, -0.05) is 15.9 Å². The number of hydrogen-bond donors (Lipinski definition) is 2. The minimum atomic E-state index is -0.146. The molecule has 2 N–H and O–H groups in total. The molecule has 0 aliphatic carbocycles. The van der Waals surface area contributed by atoms with Crippen molar-refractivity contribution in [2.24, 2.45) is 0 Å². The number of benzene rings is 1. The number of halogens is 1. The van der Waals surface area contributed by atoms with Gasteiger partial charge in [-0.2, -0.15) is 0 Å². The number of hydrogen-bond acceptors (Lipinski definition) is 3. The first kappa shape index (κ1) is 8.31. The molecule has 0 unspecified atom stereocenters. The highest BCUT2D eigenvalue weighted by Crippen LogP contribution is 2.37. The van der Waals surface area contributed by atoms with Crippen molar-refractivity contribution in [3.8, 4) is 11.5 Å². The quantitative estimate of drug-likeness (QED) is 0.695. The maximum absolute atomic E-state index is 9.47. The molecule has 66 valence electrons. The molecule has 0 aliphatic rings. The number of rotatable bonds is 0. The van der Waals surface area contributed by atoms with Crippen molar-refractivity contribution in [1.82, 2.24) is 4.98 Å². The van der Waals surface area contributed by atoms with E-state index >= 15 is 0 Å². The lowest BCUT2D eigenvalue weighted by molar-refractivity contribution is 0.408. The van der Waals surface area contributed by atoms with Crippen LogP contribution in [0.1, 0.15) is 0 Å². The van der Waals surface area contributed by atoms with Gasteiger partial charge in [-0.3, -0.25) is 4.98 Å². The van der Waals surface area contributed by atoms with E-state index in [1.54, 1.807) is 12.3 Å². The summed E-state index contributed by atoms with van der Waals surface area (Å²) < 4.78 is 0.736. The van der Waals surface area contributed by atoms with Crippen molar-refractivity contribution in [2.45, 2.75) is 0 Å². The summed E-state index contributed by atoms with van der Waals surface area (Å²) in [5.41, 5.74) is 0. The zero-order valence-corrected chi connectivity index (χ0v) is 8.12. The van der Waals surface area contributed by atoms with E-state index in [0.29, 0.717) is 5.39 Å². The predicted molar refractivity (Wildman–Crippen MR) is 52.8 cm³/mol. The summed E-state index contributed by atoms with van der Waals surface area (Å²) in [6, 6.07) is 3.22. The van der Waals surface area contributed by atoms with E-state index in [9.17, 15) is 10.2 Å². The van der Waals surface area contributed by atoms with E-state index < -0.39 is 0 Å². The molecule has 0 atom stereocenters. The minimum absolute atomic E-state index is 0.133. The second kappa shape index (κ2) is 2.88. The van der Waals surface area contributed by atoms with Gasteiger partial charge in [0.2, 0.25) is 0 Å². The van der Waals surface area contributed by atoms with Gasteiger partial charge in [0.1, 0.15) is 0 Å². The monoisotopic (exact) mass is 239 g/mol. The summed E-state index contributed by atoms with van der Waals surface area (Å²) in [5, 5.41) is 20.1. The van der Waals surface area contributed by atoms with Crippen LogP contribution in [0, 0.1) is 0 Å². The van der Waals surface area contributed by atoms with Crippen LogP contribution < -0.4 is 0 Å². The fraction of sp³-hybridized carbons (Fsp3) is 0. The van der Waals surface area contributed by atoms with E-state index in [0.717, 1.165) is 9.86 Å². The number of phenols is 2. The highest BCUT2D eigenvalue weighted by molar-refractivity contribution is 9.10. The van der Waals surface area contributed by atoms with Crippen LogP contribution in [0.5, 0.6) is 11.5 Å². The molecular formula is C9H6BrNO2. The van der Waals surface area contributed by atoms with Crippen molar-refractivity contribution in [3.05, 3.63) is 29.0 Å². The van der Waals surface area contributed by atoms with Crippen molar-refractivity contribution in [2.75, 3.05) is 0 Å². The van der Waals surface area contributed by atoms with Crippen LogP contribution >= 0.6 is 15.9 Å². The number of aromatic nitrogens is 1. The van der Waals surface area contributed by atoms with Crippen LogP contribution in [0.4, 0.5) is 0 Å². The fourth-order valence-corrected chi connectivity index (χ4v) is 1.76. The third-order valence-corrected chi connectivity index (χ3v) is 2.50. The van der Waals surface area contributed by atoms with Gasteiger partial charge in [-0.15, -0.1) is 0 Å². The average Bonchev–Trinajstić information content (AvgIpc) is 2.15. The van der Waals surface area contributed by atoms with Gasteiger partial charge in [-0.25, -0.2) is 0 Å². The molecule has 2 rings (SSSR count). The van der Waals surface area contributed by atoms with Crippen LogP contribution in [0.2, 0.25) is 0 Å². The zero-order valence-electron chi connectivity index (χ0n) is 6.53. The Morgan fingerprint density at radius 1 is 1.23 bits per heavy atom. The van der Waals surface area contributed by atoms with E-state index in [1.807, 2.05) is 0 Å². The van der Waals surface area contributed by atoms with Gasteiger partial charge < -0.3 is 10.2 Å². The number of pyridine rings is 1. The molecule has 1 heterocycles. The van der Waals surface area contributed by atoms with Crippen molar-refractivity contribution >= 4 is 26.7 Å². The normalized spacial score (nSPS) is 10.5. The summed E-state index contributed by atoms with van der Waals surface area (Å²) in [5.74, 6) is -0.279. The lowest BCUT2D eigenvalue weighted by atomic mass is 10.1. The van der Waals surface area contributed by atoms with Gasteiger partial charge >= 0.3 is 0 Å². The molecule has 4 heteroatoms. The SMILES string of the molecule is Oc1cc(Br)c2ccncc2c1O. The van der Waals surface area contributed by atoms with Crippen LogP contribution in [-0.4, -0.2) is 15.2 Å². The minimum Gasteiger partial charge on any atom is -0.504 e. The molecule has 0 bridgehead atoms. The Bertz CT molecular complexity index is 470. The molecule has 3 nitrogen and oxygen atoms in total. The number of nitrogens with zero attached hydrogens (tertiary/aromatic N) is 1. The van der Waals surface area contributed by atoms with Gasteiger partial charge in [0.25, 0.3) is 0 Å². The van der Waals surface area contributed by atoms with Gasteiger partial charge in [0.05, 0.1) is 0 Å². The summed E-state index contributed by atoms with van der Waals surface area (Å²) in [6.45, 7) is 0. The second-order valence-electron chi connectivity index (χ2n) is 2.65. The summed E-state index contributed by atoms with van der Waals surface area (Å²) in [4.78, 5) is 3.86. The lowest BCUT2D eigenvalue weighted by Crippen LogP contribution is -1.79. The Labute approximate surface area is 82.8 Å². The topological polar surface area (TPSA) is 53.4 Å². The third kappa shape index (κ3) is 1.23. The standard InChI is InChI=1S/C9H6BrNO2/c10-7-3-8(12)9(13)6-4-11-2-1-5(6)7/h1-4,12-13H. The van der Waals surface area contributed by atoms with Crippen LogP contribution in [0.15, 0.2) is 29.0 Å². The average molecular weight is 240 g/mol. The summed E-state index contributed by atoms with van der Waals surface area (Å²) >= 11 is 3.28. The molecule has 0 saturated heterocycles. The van der Waals surface area contributed by atoms with E-state index in [2.05, 4.69) is 20.9 Å². The predicted octanol–water partition coefficient (Wildman–Crippen LogP) is 2.41. The Kier molecular flexibility index (Phi) is 1.84. The highest BCUT2D eigenvalue weighted by Gasteiger charge is 2.08. The Balaban J connectivity index is 2.97. The maximum atomic E-state index is 9.47. The molecule has 0 aliphatic heterocycles. The molecular weight excluding hydrogens is 234 g/mol. The third-order valence-electron chi connectivity index (χ3n) is 1.84.